The Balaban J connectivity index is 1.77. The third-order valence-electron chi connectivity index (χ3n) is 2.95. The molecule has 0 atom stereocenters. The Hall–Kier alpha value is -2.41. The lowest BCUT2D eigenvalue weighted by molar-refractivity contribution is -0.385. The number of carbonyl (C=O) groups excluding carboxylic acids is 1. The summed E-state index contributed by atoms with van der Waals surface area (Å²) < 4.78 is 11.4. The van der Waals surface area contributed by atoms with Crippen LogP contribution in [-0.4, -0.2) is 24.1 Å². The molecule has 0 radical (unpaired) electrons. The first-order valence-corrected chi connectivity index (χ1v) is 7.62. The number of rotatable bonds is 7. The molecule has 0 fully saturated rings. The Morgan fingerprint density at radius 3 is 2.48 bits per heavy atom. The second-order valence-corrected chi connectivity index (χ2v) is 5.50. The third kappa shape index (κ3) is 5.37. The molecule has 0 aliphatic heterocycles. The highest BCUT2D eigenvalue weighted by Gasteiger charge is 2.16. The Bertz CT molecular complexity index is 687. The SMILES string of the molecule is O=C(Cc1ccccc1[N+](=O)[O-])OCCOc1ccc(Br)cc1. The third-order valence-corrected chi connectivity index (χ3v) is 3.48. The number of hydrogen-bond acceptors (Lipinski definition) is 5. The predicted octanol–water partition coefficient (Wildman–Crippen LogP) is 3.52. The molecule has 2 rings (SSSR count). The Labute approximate surface area is 141 Å². The number of para-hydroxylation sites is 1. The zero-order valence-electron chi connectivity index (χ0n) is 12.1. The van der Waals surface area contributed by atoms with Gasteiger partial charge in [0.15, 0.2) is 0 Å². The summed E-state index contributed by atoms with van der Waals surface area (Å²) in [5, 5.41) is 10.9. The van der Waals surface area contributed by atoms with Gasteiger partial charge < -0.3 is 9.47 Å². The van der Waals surface area contributed by atoms with E-state index in [1.807, 2.05) is 12.1 Å². The molecule has 0 aromatic heterocycles. The molecule has 0 heterocycles. The molecule has 0 spiro atoms. The molecule has 0 aliphatic rings. The van der Waals surface area contributed by atoms with Crippen LogP contribution in [0.25, 0.3) is 0 Å². The number of halogens is 1. The fourth-order valence-electron chi connectivity index (χ4n) is 1.89. The fourth-order valence-corrected chi connectivity index (χ4v) is 2.16. The van der Waals surface area contributed by atoms with Gasteiger partial charge in [-0.05, 0) is 24.3 Å². The van der Waals surface area contributed by atoms with Crippen molar-refractivity contribution in [1.82, 2.24) is 0 Å². The number of benzene rings is 2. The number of nitrogens with zero attached hydrogens (tertiary/aromatic N) is 1. The highest BCUT2D eigenvalue weighted by atomic mass is 79.9. The smallest absolute Gasteiger partial charge is 0.310 e. The van der Waals surface area contributed by atoms with Gasteiger partial charge in [0.05, 0.1) is 11.3 Å². The van der Waals surface area contributed by atoms with E-state index >= 15 is 0 Å². The highest BCUT2D eigenvalue weighted by molar-refractivity contribution is 9.10. The number of nitro groups is 1. The van der Waals surface area contributed by atoms with Gasteiger partial charge in [0, 0.05) is 16.1 Å². The average molecular weight is 380 g/mol. The zero-order valence-corrected chi connectivity index (χ0v) is 13.7. The predicted molar refractivity (Wildman–Crippen MR) is 87.4 cm³/mol. The molecule has 23 heavy (non-hydrogen) atoms. The van der Waals surface area contributed by atoms with E-state index in [9.17, 15) is 14.9 Å². The van der Waals surface area contributed by atoms with Crippen molar-refractivity contribution in [2.24, 2.45) is 0 Å². The van der Waals surface area contributed by atoms with Gasteiger partial charge >= 0.3 is 5.97 Å². The number of carbonyl (C=O) groups is 1. The first-order chi connectivity index (χ1) is 11.1. The van der Waals surface area contributed by atoms with E-state index in [1.54, 1.807) is 24.3 Å². The molecule has 0 saturated carbocycles. The minimum absolute atomic E-state index is 0.0789. The summed E-state index contributed by atoms with van der Waals surface area (Å²) in [6.07, 6.45) is -0.143. The van der Waals surface area contributed by atoms with Crippen LogP contribution in [0, 0.1) is 10.1 Å². The van der Waals surface area contributed by atoms with Gasteiger partial charge in [-0.3, -0.25) is 14.9 Å². The van der Waals surface area contributed by atoms with E-state index in [-0.39, 0.29) is 25.3 Å². The van der Waals surface area contributed by atoms with Crippen molar-refractivity contribution < 1.29 is 19.2 Å². The van der Waals surface area contributed by atoms with E-state index in [0.717, 1.165) is 4.47 Å². The van der Waals surface area contributed by atoms with Crippen molar-refractivity contribution in [2.75, 3.05) is 13.2 Å². The van der Waals surface area contributed by atoms with Crippen LogP contribution in [0.15, 0.2) is 53.0 Å². The van der Waals surface area contributed by atoms with Crippen LogP contribution < -0.4 is 4.74 Å². The largest absolute Gasteiger partial charge is 0.490 e. The summed E-state index contributed by atoms with van der Waals surface area (Å²) in [5.74, 6) is 0.140. The average Bonchev–Trinajstić information content (AvgIpc) is 2.53. The van der Waals surface area contributed by atoms with Crippen LogP contribution in [0.5, 0.6) is 5.75 Å². The monoisotopic (exact) mass is 379 g/mol. The zero-order chi connectivity index (χ0) is 16.7. The van der Waals surface area contributed by atoms with Crippen molar-refractivity contribution in [1.29, 1.82) is 0 Å². The molecule has 0 saturated heterocycles. The van der Waals surface area contributed by atoms with Crippen LogP contribution >= 0.6 is 15.9 Å². The Kier molecular flexibility index (Phi) is 6.10. The van der Waals surface area contributed by atoms with Gasteiger partial charge in [-0.15, -0.1) is 0 Å². The topological polar surface area (TPSA) is 78.7 Å². The van der Waals surface area contributed by atoms with Crippen molar-refractivity contribution in [3.8, 4) is 5.75 Å². The first kappa shape index (κ1) is 17.0. The van der Waals surface area contributed by atoms with Gasteiger partial charge in [-0.2, -0.15) is 0 Å². The van der Waals surface area contributed by atoms with E-state index in [1.165, 1.54) is 12.1 Å². The minimum atomic E-state index is -0.529. The summed E-state index contributed by atoms with van der Waals surface area (Å²) in [6, 6.07) is 13.4. The van der Waals surface area contributed by atoms with E-state index in [2.05, 4.69) is 15.9 Å². The normalized spacial score (nSPS) is 10.1. The Morgan fingerprint density at radius 1 is 1.09 bits per heavy atom. The summed E-state index contributed by atoms with van der Waals surface area (Å²) in [6.45, 7) is 0.291. The van der Waals surface area contributed by atoms with Gasteiger partial charge in [0.1, 0.15) is 19.0 Å². The molecule has 0 bridgehead atoms. The summed E-state index contributed by atoms with van der Waals surface area (Å²) >= 11 is 3.32. The molecular formula is C16H14BrNO5. The van der Waals surface area contributed by atoms with E-state index in [4.69, 9.17) is 9.47 Å². The highest BCUT2D eigenvalue weighted by Crippen LogP contribution is 2.18. The quantitative estimate of drug-likeness (QED) is 0.318. The molecular weight excluding hydrogens is 366 g/mol. The number of esters is 1. The lowest BCUT2D eigenvalue weighted by atomic mass is 10.1. The molecule has 0 unspecified atom stereocenters. The number of hydrogen-bond donors (Lipinski definition) is 0. The van der Waals surface area contributed by atoms with Crippen LogP contribution in [0.2, 0.25) is 0 Å². The summed E-state index contributed by atoms with van der Waals surface area (Å²) in [4.78, 5) is 22.1. The molecule has 6 nitrogen and oxygen atoms in total. The van der Waals surface area contributed by atoms with Crippen molar-refractivity contribution >= 4 is 27.6 Å². The van der Waals surface area contributed by atoms with Gasteiger partial charge in [0.2, 0.25) is 0 Å². The van der Waals surface area contributed by atoms with Crippen LogP contribution in [-0.2, 0) is 16.0 Å². The lowest BCUT2D eigenvalue weighted by Crippen LogP contribution is -2.14. The van der Waals surface area contributed by atoms with Gasteiger partial charge in [-0.1, -0.05) is 34.1 Å². The van der Waals surface area contributed by atoms with Crippen LogP contribution in [0.1, 0.15) is 5.56 Å². The molecule has 0 N–H and O–H groups in total. The second kappa shape index (κ2) is 8.28. The maximum Gasteiger partial charge on any atom is 0.310 e. The van der Waals surface area contributed by atoms with Crippen LogP contribution in [0.4, 0.5) is 5.69 Å². The number of nitro benzene ring substituents is 1. The van der Waals surface area contributed by atoms with Crippen molar-refractivity contribution in [3.63, 3.8) is 0 Å². The minimum Gasteiger partial charge on any atom is -0.490 e. The maximum absolute atomic E-state index is 11.7. The number of ether oxygens (including phenoxy) is 2. The van der Waals surface area contributed by atoms with E-state index < -0.39 is 10.9 Å². The molecule has 120 valence electrons. The standard InChI is InChI=1S/C16H14BrNO5/c17-13-5-7-14(8-6-13)22-9-10-23-16(19)11-12-3-1-2-4-15(12)18(20)21/h1-8H,9-11H2. The molecule has 2 aromatic rings. The molecule has 0 amide bonds. The van der Waals surface area contributed by atoms with E-state index in [0.29, 0.717) is 11.3 Å². The summed E-state index contributed by atoms with van der Waals surface area (Å²) in [7, 11) is 0. The second-order valence-electron chi connectivity index (χ2n) is 4.59. The molecule has 7 heteroatoms. The summed E-state index contributed by atoms with van der Waals surface area (Å²) in [5.41, 5.74) is 0.242. The van der Waals surface area contributed by atoms with Crippen molar-refractivity contribution in [2.45, 2.75) is 6.42 Å². The lowest BCUT2D eigenvalue weighted by Gasteiger charge is -2.07. The molecule has 2 aromatic carbocycles. The molecule has 0 aliphatic carbocycles. The first-order valence-electron chi connectivity index (χ1n) is 6.82. The van der Waals surface area contributed by atoms with Crippen molar-refractivity contribution in [3.05, 3.63) is 68.7 Å². The fraction of sp³-hybridized carbons (Fsp3) is 0.188. The van der Waals surface area contributed by atoms with Gasteiger partial charge in [0.25, 0.3) is 5.69 Å². The van der Waals surface area contributed by atoms with Crippen LogP contribution in [0.3, 0.4) is 0 Å². The Morgan fingerprint density at radius 2 is 1.78 bits per heavy atom. The maximum atomic E-state index is 11.7. The van der Waals surface area contributed by atoms with Gasteiger partial charge in [-0.25, -0.2) is 0 Å².